The van der Waals surface area contributed by atoms with Crippen molar-refractivity contribution < 1.29 is 4.74 Å². The first-order valence-electron chi connectivity index (χ1n) is 4.77. The molecule has 0 unspecified atom stereocenters. The Bertz CT molecular complexity index is 266. The smallest absolute Gasteiger partial charge is 0.135 e. The minimum absolute atomic E-state index is 0.266. The third-order valence-corrected chi connectivity index (χ3v) is 1.87. The molecule has 3 heteroatoms. The molecule has 0 saturated carbocycles. The Balaban J connectivity index is 2.64. The van der Waals surface area contributed by atoms with Gasteiger partial charge in [0.25, 0.3) is 0 Å². The molecule has 0 atom stereocenters. The zero-order valence-electron chi connectivity index (χ0n) is 8.87. The van der Waals surface area contributed by atoms with Crippen LogP contribution < -0.4 is 0 Å². The quantitative estimate of drug-likeness (QED) is 0.713. The van der Waals surface area contributed by atoms with Gasteiger partial charge in [-0.25, -0.2) is 4.98 Å². The van der Waals surface area contributed by atoms with Crippen LogP contribution in [-0.4, -0.2) is 15.7 Å². The number of imidazole rings is 1. The minimum Gasteiger partial charge on any atom is -0.371 e. The Morgan fingerprint density at radius 3 is 2.77 bits per heavy atom. The van der Waals surface area contributed by atoms with Gasteiger partial charge in [0.15, 0.2) is 0 Å². The van der Waals surface area contributed by atoms with Crippen LogP contribution in [0.2, 0.25) is 0 Å². The number of aryl methyl sites for hydroxylation is 2. The molecule has 0 spiro atoms. The lowest BCUT2D eigenvalue weighted by molar-refractivity contribution is 0.0595. The Labute approximate surface area is 79.7 Å². The second-order valence-electron chi connectivity index (χ2n) is 3.44. The molecule has 74 valence electrons. The third-order valence-electron chi connectivity index (χ3n) is 1.87. The van der Waals surface area contributed by atoms with Crippen LogP contribution in [0.25, 0.3) is 0 Å². The molecule has 0 aliphatic carbocycles. The van der Waals surface area contributed by atoms with Crippen LogP contribution >= 0.6 is 0 Å². The molecule has 1 aromatic rings. The van der Waals surface area contributed by atoms with E-state index in [2.05, 4.69) is 22.7 Å². The number of ether oxygens (including phenoxy) is 1. The molecule has 1 aromatic heterocycles. The van der Waals surface area contributed by atoms with E-state index in [1.165, 1.54) is 0 Å². The second kappa shape index (κ2) is 4.42. The average Bonchev–Trinajstić information content (AvgIpc) is 2.42. The van der Waals surface area contributed by atoms with Crippen LogP contribution in [0, 0.1) is 6.92 Å². The molecule has 0 aromatic carbocycles. The van der Waals surface area contributed by atoms with Gasteiger partial charge in [0, 0.05) is 12.7 Å². The van der Waals surface area contributed by atoms with Gasteiger partial charge in [-0.2, -0.15) is 0 Å². The highest BCUT2D eigenvalue weighted by Gasteiger charge is 2.04. The van der Waals surface area contributed by atoms with Crippen molar-refractivity contribution in [3.63, 3.8) is 0 Å². The topological polar surface area (TPSA) is 27.1 Å². The summed E-state index contributed by atoms with van der Waals surface area (Å²) in [6.07, 6.45) is 2.32. The summed E-state index contributed by atoms with van der Waals surface area (Å²) >= 11 is 0. The van der Waals surface area contributed by atoms with Crippen LogP contribution in [0.3, 0.4) is 0 Å². The zero-order chi connectivity index (χ0) is 9.84. The van der Waals surface area contributed by atoms with Crippen molar-refractivity contribution in [1.82, 2.24) is 9.55 Å². The summed E-state index contributed by atoms with van der Waals surface area (Å²) in [5, 5.41) is 0. The van der Waals surface area contributed by atoms with E-state index >= 15 is 0 Å². The molecular weight excluding hydrogens is 164 g/mol. The predicted molar refractivity (Wildman–Crippen MR) is 52.6 cm³/mol. The molecule has 0 aliphatic heterocycles. The SMILES string of the molecule is CCn1cc(C)nc1COC(C)C. The van der Waals surface area contributed by atoms with Gasteiger partial charge < -0.3 is 9.30 Å². The highest BCUT2D eigenvalue weighted by molar-refractivity contribution is 5.01. The summed E-state index contributed by atoms with van der Waals surface area (Å²) in [7, 11) is 0. The van der Waals surface area contributed by atoms with E-state index in [-0.39, 0.29) is 6.10 Å². The van der Waals surface area contributed by atoms with E-state index in [9.17, 15) is 0 Å². The summed E-state index contributed by atoms with van der Waals surface area (Å²) in [6, 6.07) is 0. The first-order chi connectivity index (χ1) is 6.13. The molecule has 3 nitrogen and oxygen atoms in total. The van der Waals surface area contributed by atoms with Crippen molar-refractivity contribution in [3.8, 4) is 0 Å². The van der Waals surface area contributed by atoms with Gasteiger partial charge in [-0.1, -0.05) is 0 Å². The van der Waals surface area contributed by atoms with Crippen molar-refractivity contribution in [1.29, 1.82) is 0 Å². The van der Waals surface area contributed by atoms with Crippen LogP contribution in [0.15, 0.2) is 6.20 Å². The molecular formula is C10H18N2O. The van der Waals surface area contributed by atoms with Gasteiger partial charge >= 0.3 is 0 Å². The lowest BCUT2D eigenvalue weighted by Crippen LogP contribution is -2.07. The summed E-state index contributed by atoms with van der Waals surface area (Å²) in [4.78, 5) is 4.39. The van der Waals surface area contributed by atoms with Crippen molar-refractivity contribution in [2.24, 2.45) is 0 Å². The number of rotatable bonds is 4. The average molecular weight is 182 g/mol. The monoisotopic (exact) mass is 182 g/mol. The lowest BCUT2D eigenvalue weighted by Gasteiger charge is -2.08. The summed E-state index contributed by atoms with van der Waals surface area (Å²) in [6.45, 7) is 9.75. The molecule has 0 amide bonds. The fraction of sp³-hybridized carbons (Fsp3) is 0.700. The first-order valence-corrected chi connectivity index (χ1v) is 4.77. The van der Waals surface area contributed by atoms with E-state index in [0.717, 1.165) is 18.1 Å². The van der Waals surface area contributed by atoms with E-state index < -0.39 is 0 Å². The number of hydrogen-bond donors (Lipinski definition) is 0. The molecule has 0 fully saturated rings. The van der Waals surface area contributed by atoms with E-state index in [1.54, 1.807) is 0 Å². The summed E-state index contributed by atoms with van der Waals surface area (Å²) < 4.78 is 7.62. The Morgan fingerprint density at radius 1 is 1.54 bits per heavy atom. The van der Waals surface area contributed by atoms with Gasteiger partial charge in [-0.15, -0.1) is 0 Å². The maximum absolute atomic E-state index is 5.50. The highest BCUT2D eigenvalue weighted by atomic mass is 16.5. The Morgan fingerprint density at radius 2 is 2.23 bits per heavy atom. The molecule has 0 saturated heterocycles. The number of hydrogen-bond acceptors (Lipinski definition) is 2. The Kier molecular flexibility index (Phi) is 3.48. The van der Waals surface area contributed by atoms with E-state index in [1.807, 2.05) is 20.8 Å². The standard InChI is InChI=1S/C10H18N2O/c1-5-12-6-9(4)11-10(12)7-13-8(2)3/h6,8H,5,7H2,1-4H3. The normalized spacial score (nSPS) is 11.2. The molecule has 0 bridgehead atoms. The van der Waals surface area contributed by atoms with Gasteiger partial charge in [0.2, 0.25) is 0 Å². The zero-order valence-corrected chi connectivity index (χ0v) is 8.87. The first kappa shape index (κ1) is 10.3. The van der Waals surface area contributed by atoms with E-state index in [4.69, 9.17) is 4.74 Å². The summed E-state index contributed by atoms with van der Waals surface area (Å²) in [5.41, 5.74) is 1.06. The van der Waals surface area contributed by atoms with Crippen LogP contribution in [-0.2, 0) is 17.9 Å². The van der Waals surface area contributed by atoms with Gasteiger partial charge in [0.1, 0.15) is 12.4 Å². The van der Waals surface area contributed by atoms with Gasteiger partial charge in [-0.05, 0) is 27.7 Å². The Hall–Kier alpha value is -0.830. The second-order valence-corrected chi connectivity index (χ2v) is 3.44. The van der Waals surface area contributed by atoms with Gasteiger partial charge in [0.05, 0.1) is 11.8 Å². The van der Waals surface area contributed by atoms with Crippen molar-refractivity contribution in [2.45, 2.75) is 47.0 Å². The van der Waals surface area contributed by atoms with Crippen molar-refractivity contribution in [2.75, 3.05) is 0 Å². The fourth-order valence-corrected chi connectivity index (χ4v) is 1.23. The number of aromatic nitrogens is 2. The molecule has 13 heavy (non-hydrogen) atoms. The largest absolute Gasteiger partial charge is 0.371 e. The lowest BCUT2D eigenvalue weighted by atomic mass is 10.5. The highest BCUT2D eigenvalue weighted by Crippen LogP contribution is 2.05. The fourth-order valence-electron chi connectivity index (χ4n) is 1.23. The van der Waals surface area contributed by atoms with Gasteiger partial charge in [-0.3, -0.25) is 0 Å². The molecule has 1 rings (SSSR count). The molecule has 0 aliphatic rings. The van der Waals surface area contributed by atoms with Crippen LogP contribution in [0.5, 0.6) is 0 Å². The predicted octanol–water partition coefficient (Wildman–Crippen LogP) is 2.14. The maximum Gasteiger partial charge on any atom is 0.135 e. The van der Waals surface area contributed by atoms with Crippen LogP contribution in [0.4, 0.5) is 0 Å². The molecule has 1 heterocycles. The maximum atomic E-state index is 5.50. The van der Waals surface area contributed by atoms with E-state index in [0.29, 0.717) is 6.61 Å². The minimum atomic E-state index is 0.266. The van der Waals surface area contributed by atoms with Crippen molar-refractivity contribution in [3.05, 3.63) is 17.7 Å². The molecule has 0 radical (unpaired) electrons. The third kappa shape index (κ3) is 2.84. The number of nitrogens with zero attached hydrogens (tertiary/aromatic N) is 2. The van der Waals surface area contributed by atoms with Crippen molar-refractivity contribution >= 4 is 0 Å². The summed E-state index contributed by atoms with van der Waals surface area (Å²) in [5.74, 6) is 1.02. The van der Waals surface area contributed by atoms with Crippen LogP contribution in [0.1, 0.15) is 32.3 Å². The molecule has 0 N–H and O–H groups in total.